The van der Waals surface area contributed by atoms with Crippen molar-refractivity contribution in [3.63, 3.8) is 0 Å². The predicted molar refractivity (Wildman–Crippen MR) is 200 cm³/mol. The SMILES string of the molecule is CC(N)(C=C(c1ccccc1)P(c1ccccc1)c1ccccc1)C=C(c1ccccc1)P(c1ccccc1)c1ccccc1. The van der Waals surface area contributed by atoms with Crippen LogP contribution < -0.4 is 27.0 Å². The fourth-order valence-corrected chi connectivity index (χ4v) is 10.8. The molecule has 0 saturated heterocycles. The zero-order valence-corrected chi connectivity index (χ0v) is 27.2. The number of rotatable bonds is 10. The van der Waals surface area contributed by atoms with Crippen LogP contribution in [0.1, 0.15) is 18.1 Å². The monoisotopic (exact) mass is 617 g/mol. The molecule has 0 aliphatic carbocycles. The Bertz CT molecular complexity index is 1620. The van der Waals surface area contributed by atoms with Gasteiger partial charge >= 0.3 is 0 Å². The smallest absolute Gasteiger partial charge is 0.0515 e. The van der Waals surface area contributed by atoms with Crippen molar-refractivity contribution < 1.29 is 0 Å². The van der Waals surface area contributed by atoms with Crippen LogP contribution in [-0.2, 0) is 0 Å². The second-order valence-corrected chi connectivity index (χ2v) is 15.5. The van der Waals surface area contributed by atoms with Gasteiger partial charge in [-0.2, -0.15) is 0 Å². The lowest BCUT2D eigenvalue weighted by molar-refractivity contribution is 0.740. The van der Waals surface area contributed by atoms with E-state index in [1.807, 2.05) is 0 Å². The first kappa shape index (κ1) is 30.6. The summed E-state index contributed by atoms with van der Waals surface area (Å²) in [5, 5.41) is 7.70. The number of hydrogen-bond acceptors (Lipinski definition) is 1. The van der Waals surface area contributed by atoms with Crippen molar-refractivity contribution in [3.05, 3.63) is 205 Å². The molecule has 2 N–H and O–H groups in total. The molecule has 0 fully saturated rings. The third kappa shape index (κ3) is 7.65. The van der Waals surface area contributed by atoms with Gasteiger partial charge in [-0.3, -0.25) is 0 Å². The first-order valence-electron chi connectivity index (χ1n) is 15.2. The molecular weight excluding hydrogens is 580 g/mol. The summed E-state index contributed by atoms with van der Waals surface area (Å²) in [7, 11) is -1.76. The zero-order valence-electron chi connectivity index (χ0n) is 25.4. The Hall–Kier alpha value is -4.38. The summed E-state index contributed by atoms with van der Waals surface area (Å²) in [6, 6.07) is 64.9. The van der Waals surface area contributed by atoms with E-state index in [2.05, 4.69) is 201 Å². The minimum Gasteiger partial charge on any atom is -0.319 e. The second-order valence-electron chi connectivity index (χ2n) is 11.2. The normalized spacial score (nSPS) is 13.5. The van der Waals surface area contributed by atoms with Crippen molar-refractivity contribution in [2.75, 3.05) is 0 Å². The van der Waals surface area contributed by atoms with E-state index in [9.17, 15) is 0 Å². The van der Waals surface area contributed by atoms with Crippen molar-refractivity contribution in [2.45, 2.75) is 12.5 Å². The van der Waals surface area contributed by atoms with Gasteiger partial charge in [0.25, 0.3) is 0 Å². The van der Waals surface area contributed by atoms with Crippen molar-refractivity contribution in [1.29, 1.82) is 0 Å². The third-order valence-electron chi connectivity index (χ3n) is 7.57. The van der Waals surface area contributed by atoms with Gasteiger partial charge in [-0.15, -0.1) is 0 Å². The van der Waals surface area contributed by atoms with Gasteiger partial charge in [0.15, 0.2) is 0 Å². The van der Waals surface area contributed by atoms with Crippen molar-refractivity contribution >= 4 is 47.7 Å². The van der Waals surface area contributed by atoms with Crippen molar-refractivity contribution in [1.82, 2.24) is 0 Å². The molecule has 0 radical (unpaired) electrons. The van der Waals surface area contributed by atoms with E-state index in [-0.39, 0.29) is 0 Å². The summed E-state index contributed by atoms with van der Waals surface area (Å²) in [5.41, 5.74) is 9.07. The molecule has 0 aliphatic heterocycles. The van der Waals surface area contributed by atoms with Crippen LogP contribution in [0, 0.1) is 0 Å². The molecule has 0 amide bonds. The summed E-state index contributed by atoms with van der Waals surface area (Å²) in [4.78, 5) is 0. The second kappa shape index (κ2) is 14.6. The highest BCUT2D eigenvalue weighted by Gasteiger charge is 2.27. The molecule has 6 aromatic carbocycles. The molecule has 0 spiro atoms. The van der Waals surface area contributed by atoms with Crippen LogP contribution in [0.25, 0.3) is 10.6 Å². The lowest BCUT2D eigenvalue weighted by Gasteiger charge is -2.29. The van der Waals surface area contributed by atoms with E-state index < -0.39 is 21.4 Å². The Labute approximate surface area is 270 Å². The fraction of sp³-hybridized carbons (Fsp3) is 0.0476. The molecule has 0 aromatic heterocycles. The van der Waals surface area contributed by atoms with Crippen LogP contribution >= 0.6 is 15.8 Å². The van der Waals surface area contributed by atoms with E-state index in [1.165, 1.54) is 43.0 Å². The van der Waals surface area contributed by atoms with Gasteiger partial charge in [-0.25, -0.2) is 0 Å². The maximum Gasteiger partial charge on any atom is 0.0515 e. The largest absolute Gasteiger partial charge is 0.319 e. The summed E-state index contributed by atoms with van der Waals surface area (Å²) >= 11 is 0. The Balaban J connectivity index is 1.58. The molecule has 0 unspecified atom stereocenters. The summed E-state index contributed by atoms with van der Waals surface area (Å²) < 4.78 is 0. The van der Waals surface area contributed by atoms with E-state index in [0.29, 0.717) is 0 Å². The van der Waals surface area contributed by atoms with Crippen LogP contribution in [-0.4, -0.2) is 5.54 Å². The predicted octanol–water partition coefficient (Wildman–Crippen LogP) is 9.05. The topological polar surface area (TPSA) is 26.0 Å². The van der Waals surface area contributed by atoms with Gasteiger partial charge in [-0.05, 0) is 65.7 Å². The van der Waals surface area contributed by atoms with E-state index in [1.54, 1.807) is 0 Å². The highest BCUT2D eigenvalue weighted by atomic mass is 31.1. The molecular formula is C42H37NP2. The molecule has 220 valence electrons. The summed E-state index contributed by atoms with van der Waals surface area (Å²) in [5.74, 6) is 0. The van der Waals surface area contributed by atoms with E-state index >= 15 is 0 Å². The molecule has 0 saturated carbocycles. The fourth-order valence-electron chi connectivity index (χ4n) is 5.57. The van der Waals surface area contributed by atoms with Crippen LogP contribution in [0.2, 0.25) is 0 Å². The first-order chi connectivity index (χ1) is 22.1. The molecule has 0 bridgehead atoms. The molecule has 0 heterocycles. The Morgan fingerprint density at radius 3 is 0.867 bits per heavy atom. The number of hydrogen-bond donors (Lipinski definition) is 1. The quantitative estimate of drug-likeness (QED) is 0.153. The van der Waals surface area contributed by atoms with Crippen LogP contribution in [0.4, 0.5) is 0 Å². The maximum absolute atomic E-state index is 7.45. The van der Waals surface area contributed by atoms with Gasteiger partial charge in [-0.1, -0.05) is 194 Å². The van der Waals surface area contributed by atoms with Crippen LogP contribution in [0.5, 0.6) is 0 Å². The van der Waals surface area contributed by atoms with Gasteiger partial charge in [0, 0.05) is 0 Å². The molecule has 6 rings (SSSR count). The molecule has 1 nitrogen and oxygen atoms in total. The summed E-state index contributed by atoms with van der Waals surface area (Å²) in [6.07, 6.45) is 4.64. The van der Waals surface area contributed by atoms with E-state index in [0.717, 1.165) is 0 Å². The molecule has 45 heavy (non-hydrogen) atoms. The minimum atomic E-state index is -0.880. The highest BCUT2D eigenvalue weighted by molar-refractivity contribution is 7.82. The van der Waals surface area contributed by atoms with Gasteiger partial charge in [0.05, 0.1) is 5.54 Å². The minimum absolute atomic E-state index is 0.759. The van der Waals surface area contributed by atoms with Gasteiger partial charge in [0.1, 0.15) is 0 Å². The summed E-state index contributed by atoms with van der Waals surface area (Å²) in [6.45, 7) is 2.14. The Morgan fingerprint density at radius 2 is 0.622 bits per heavy atom. The number of benzene rings is 6. The zero-order chi connectivity index (χ0) is 30.9. The Kier molecular flexibility index (Phi) is 9.94. The standard InChI is InChI=1S/C42H37NP2/c1-42(43,32-40(34-20-8-2-9-21-34)44(36-24-12-4-13-25-36)37-26-14-5-15-27-37)33-41(35-22-10-3-11-23-35)45(38-28-16-6-17-29-38)39-30-18-7-19-31-39/h2-33H,43H2,1H3. The first-order valence-corrected chi connectivity index (χ1v) is 17.9. The third-order valence-corrected chi connectivity index (χ3v) is 12.6. The Morgan fingerprint density at radius 1 is 0.400 bits per heavy atom. The molecule has 3 heteroatoms. The highest BCUT2D eigenvalue weighted by Crippen LogP contribution is 2.52. The molecule has 6 aromatic rings. The lowest BCUT2D eigenvalue weighted by atomic mass is 9.99. The van der Waals surface area contributed by atoms with Crippen molar-refractivity contribution in [3.8, 4) is 0 Å². The van der Waals surface area contributed by atoms with Gasteiger partial charge < -0.3 is 5.73 Å². The number of nitrogens with two attached hydrogens (primary N) is 1. The molecule has 0 atom stereocenters. The van der Waals surface area contributed by atoms with Crippen molar-refractivity contribution in [2.24, 2.45) is 5.73 Å². The van der Waals surface area contributed by atoms with Crippen LogP contribution in [0.3, 0.4) is 0 Å². The van der Waals surface area contributed by atoms with Crippen LogP contribution in [0.15, 0.2) is 194 Å². The lowest BCUT2D eigenvalue weighted by Crippen LogP contribution is -2.32. The average molecular weight is 618 g/mol. The molecule has 0 aliphatic rings. The average Bonchev–Trinajstić information content (AvgIpc) is 3.10. The van der Waals surface area contributed by atoms with Gasteiger partial charge in [0.2, 0.25) is 0 Å². The van der Waals surface area contributed by atoms with E-state index in [4.69, 9.17) is 5.73 Å². The maximum atomic E-state index is 7.45.